The summed E-state index contributed by atoms with van der Waals surface area (Å²) in [7, 11) is 0. The van der Waals surface area contributed by atoms with Crippen LogP contribution in [0.15, 0.2) is 23.0 Å². The molecule has 0 fully saturated rings. The molecular formula is C7H12N2O. The van der Waals surface area contributed by atoms with Gasteiger partial charge in [-0.3, -0.25) is 0 Å². The van der Waals surface area contributed by atoms with Crippen molar-refractivity contribution in [1.29, 1.82) is 0 Å². The molecule has 56 valence electrons. The zero-order valence-corrected chi connectivity index (χ0v) is 5.95. The molecule has 0 aliphatic heterocycles. The summed E-state index contributed by atoms with van der Waals surface area (Å²) in [6.07, 6.45) is 3.21. The van der Waals surface area contributed by atoms with Crippen molar-refractivity contribution in [3.8, 4) is 0 Å². The molecule has 0 bridgehead atoms. The van der Waals surface area contributed by atoms with Crippen molar-refractivity contribution < 1.29 is 4.42 Å². The van der Waals surface area contributed by atoms with E-state index in [0.717, 1.165) is 5.56 Å². The number of nitrogens with two attached hydrogens (primary N) is 2. The van der Waals surface area contributed by atoms with Gasteiger partial charge in [-0.1, -0.05) is 0 Å². The van der Waals surface area contributed by atoms with Crippen LogP contribution in [0.3, 0.4) is 0 Å². The highest BCUT2D eigenvalue weighted by Crippen LogP contribution is 2.12. The Hall–Kier alpha value is -0.800. The van der Waals surface area contributed by atoms with Crippen LogP contribution in [-0.4, -0.2) is 6.04 Å². The Bertz CT molecular complexity index is 181. The van der Waals surface area contributed by atoms with Crippen molar-refractivity contribution in [2.24, 2.45) is 11.5 Å². The molecule has 4 N–H and O–H groups in total. The summed E-state index contributed by atoms with van der Waals surface area (Å²) in [6.45, 7) is 1.87. The summed E-state index contributed by atoms with van der Waals surface area (Å²) in [6, 6.07) is 1.69. The highest BCUT2D eigenvalue weighted by atomic mass is 16.3. The van der Waals surface area contributed by atoms with Crippen molar-refractivity contribution in [2.45, 2.75) is 19.0 Å². The van der Waals surface area contributed by atoms with Gasteiger partial charge in [0.1, 0.15) is 0 Å². The zero-order valence-electron chi connectivity index (χ0n) is 5.95. The summed E-state index contributed by atoms with van der Waals surface area (Å²) < 4.78 is 4.85. The van der Waals surface area contributed by atoms with E-state index in [1.54, 1.807) is 12.5 Å². The molecule has 2 atom stereocenters. The van der Waals surface area contributed by atoms with Gasteiger partial charge in [0.25, 0.3) is 0 Å². The first-order valence-electron chi connectivity index (χ1n) is 3.25. The van der Waals surface area contributed by atoms with Crippen LogP contribution < -0.4 is 11.5 Å². The minimum absolute atomic E-state index is 0.0300. The third kappa shape index (κ3) is 1.37. The fraction of sp³-hybridized carbons (Fsp3) is 0.429. The van der Waals surface area contributed by atoms with Crippen molar-refractivity contribution >= 4 is 0 Å². The minimum Gasteiger partial charge on any atom is -0.472 e. The largest absolute Gasteiger partial charge is 0.472 e. The molecule has 1 aromatic rings. The average Bonchev–Trinajstić information content (AvgIpc) is 2.36. The predicted molar refractivity (Wildman–Crippen MR) is 39.3 cm³/mol. The van der Waals surface area contributed by atoms with Gasteiger partial charge in [-0.05, 0) is 13.0 Å². The van der Waals surface area contributed by atoms with Gasteiger partial charge >= 0.3 is 0 Å². The van der Waals surface area contributed by atoms with Crippen LogP contribution in [0.5, 0.6) is 0 Å². The quantitative estimate of drug-likeness (QED) is 0.633. The third-order valence-electron chi connectivity index (χ3n) is 1.49. The van der Waals surface area contributed by atoms with E-state index in [9.17, 15) is 0 Å². The van der Waals surface area contributed by atoms with Gasteiger partial charge in [-0.15, -0.1) is 0 Å². The molecule has 3 heteroatoms. The molecular weight excluding hydrogens is 128 g/mol. The van der Waals surface area contributed by atoms with Crippen LogP contribution in [0.1, 0.15) is 18.5 Å². The fourth-order valence-electron chi connectivity index (χ4n) is 0.768. The third-order valence-corrected chi connectivity index (χ3v) is 1.49. The molecule has 0 saturated carbocycles. The van der Waals surface area contributed by atoms with Crippen molar-refractivity contribution in [2.75, 3.05) is 0 Å². The van der Waals surface area contributed by atoms with Gasteiger partial charge in [0.15, 0.2) is 0 Å². The molecule has 0 saturated heterocycles. The predicted octanol–water partition coefficient (Wildman–Crippen LogP) is 0.627. The van der Waals surface area contributed by atoms with Crippen LogP contribution in [-0.2, 0) is 0 Å². The smallest absolute Gasteiger partial charge is 0.0950 e. The van der Waals surface area contributed by atoms with Crippen LogP contribution >= 0.6 is 0 Å². The molecule has 1 heterocycles. The Morgan fingerprint density at radius 3 is 2.60 bits per heavy atom. The Morgan fingerprint density at radius 1 is 1.50 bits per heavy atom. The SMILES string of the molecule is C[C@H](N)[C@@H](N)c1ccoc1. The molecule has 0 spiro atoms. The standard InChI is InChI=1S/C7H12N2O/c1-5(8)7(9)6-2-3-10-4-6/h2-5,7H,8-9H2,1H3/t5-,7+/m0/s1. The molecule has 0 unspecified atom stereocenters. The normalized spacial score (nSPS) is 16.7. The molecule has 0 aliphatic rings. The van der Waals surface area contributed by atoms with Crippen LogP contribution in [0.2, 0.25) is 0 Å². The maximum absolute atomic E-state index is 5.70. The summed E-state index contributed by atoms with van der Waals surface area (Å²) in [4.78, 5) is 0. The van der Waals surface area contributed by atoms with E-state index in [1.807, 2.05) is 13.0 Å². The molecule has 1 rings (SSSR count). The van der Waals surface area contributed by atoms with E-state index >= 15 is 0 Å². The Morgan fingerprint density at radius 2 is 2.20 bits per heavy atom. The lowest BCUT2D eigenvalue weighted by Crippen LogP contribution is -2.30. The molecule has 0 radical (unpaired) electrons. The second-order valence-corrected chi connectivity index (χ2v) is 2.44. The monoisotopic (exact) mass is 140 g/mol. The lowest BCUT2D eigenvalue weighted by molar-refractivity contribution is 0.543. The van der Waals surface area contributed by atoms with E-state index in [2.05, 4.69) is 0 Å². The van der Waals surface area contributed by atoms with E-state index in [1.165, 1.54) is 0 Å². The Balaban J connectivity index is 2.68. The van der Waals surface area contributed by atoms with E-state index in [4.69, 9.17) is 15.9 Å². The lowest BCUT2D eigenvalue weighted by Gasteiger charge is -2.12. The molecule has 0 amide bonds. The van der Waals surface area contributed by atoms with Crippen molar-refractivity contribution in [3.05, 3.63) is 24.2 Å². The number of furan rings is 1. The minimum atomic E-state index is -0.112. The number of rotatable bonds is 2. The van der Waals surface area contributed by atoms with Gasteiger partial charge in [-0.25, -0.2) is 0 Å². The topological polar surface area (TPSA) is 65.2 Å². The second kappa shape index (κ2) is 2.86. The molecule has 10 heavy (non-hydrogen) atoms. The Kier molecular flexibility index (Phi) is 2.09. The van der Waals surface area contributed by atoms with Crippen LogP contribution in [0, 0.1) is 0 Å². The lowest BCUT2D eigenvalue weighted by atomic mass is 10.1. The highest BCUT2D eigenvalue weighted by molar-refractivity contribution is 5.12. The summed E-state index contributed by atoms with van der Waals surface area (Å²) in [5.74, 6) is 0. The fourth-order valence-corrected chi connectivity index (χ4v) is 0.768. The van der Waals surface area contributed by atoms with Crippen LogP contribution in [0.4, 0.5) is 0 Å². The highest BCUT2D eigenvalue weighted by Gasteiger charge is 2.10. The van der Waals surface area contributed by atoms with Gasteiger partial charge in [0.2, 0.25) is 0 Å². The van der Waals surface area contributed by atoms with Gasteiger partial charge in [-0.2, -0.15) is 0 Å². The maximum Gasteiger partial charge on any atom is 0.0950 e. The van der Waals surface area contributed by atoms with Gasteiger partial charge < -0.3 is 15.9 Å². The number of hydrogen-bond acceptors (Lipinski definition) is 3. The molecule has 3 nitrogen and oxygen atoms in total. The van der Waals surface area contributed by atoms with Crippen molar-refractivity contribution in [3.63, 3.8) is 0 Å². The molecule has 0 aliphatic carbocycles. The maximum atomic E-state index is 5.70. The summed E-state index contributed by atoms with van der Waals surface area (Å²) in [5, 5.41) is 0. The zero-order chi connectivity index (χ0) is 7.56. The number of hydrogen-bond donors (Lipinski definition) is 2. The Labute approximate surface area is 60.0 Å². The van der Waals surface area contributed by atoms with Crippen LogP contribution in [0.25, 0.3) is 0 Å². The first kappa shape index (κ1) is 7.31. The van der Waals surface area contributed by atoms with Crippen molar-refractivity contribution in [1.82, 2.24) is 0 Å². The van der Waals surface area contributed by atoms with E-state index in [-0.39, 0.29) is 12.1 Å². The molecule has 0 aromatic carbocycles. The summed E-state index contributed by atoms with van der Waals surface area (Å²) in [5.41, 5.74) is 12.2. The first-order chi connectivity index (χ1) is 4.72. The van der Waals surface area contributed by atoms with Gasteiger partial charge in [0.05, 0.1) is 12.5 Å². The summed E-state index contributed by atoms with van der Waals surface area (Å²) >= 11 is 0. The molecule has 1 aromatic heterocycles. The van der Waals surface area contributed by atoms with Gasteiger partial charge in [0, 0.05) is 17.6 Å². The van der Waals surface area contributed by atoms with E-state index in [0.29, 0.717) is 0 Å². The second-order valence-electron chi connectivity index (χ2n) is 2.44. The first-order valence-corrected chi connectivity index (χ1v) is 3.25. The average molecular weight is 140 g/mol. The van der Waals surface area contributed by atoms with E-state index < -0.39 is 0 Å².